The number of benzene rings is 1. The highest BCUT2D eigenvalue weighted by atomic mass is 16.5. The Morgan fingerprint density at radius 1 is 1.38 bits per heavy atom. The lowest BCUT2D eigenvalue weighted by Crippen LogP contribution is -2.18. The molecule has 1 aliphatic rings. The Morgan fingerprint density at radius 3 is 2.52 bits per heavy atom. The van der Waals surface area contributed by atoms with Gasteiger partial charge in [0.15, 0.2) is 11.5 Å². The summed E-state index contributed by atoms with van der Waals surface area (Å²) in [4.78, 5) is 11.1. The Balaban J connectivity index is 2.42. The molecule has 2 atom stereocenters. The lowest BCUT2D eigenvalue weighted by atomic mass is 9.84. The Bertz CT molecular complexity index is 548. The standard InChI is InChI=1S/C16H23NO4/c1-16(2,3)10-6-11(14(21-4)13(18)7-10)12-5-9(8-17-12)15(19)20/h6-7,9,12,17-18H,5,8H2,1-4H3,(H,19,20). The van der Waals surface area contributed by atoms with Crippen molar-refractivity contribution in [3.8, 4) is 11.5 Å². The molecule has 0 aromatic heterocycles. The lowest BCUT2D eigenvalue weighted by molar-refractivity contribution is -0.141. The van der Waals surface area contributed by atoms with Crippen LogP contribution < -0.4 is 10.1 Å². The monoisotopic (exact) mass is 293 g/mol. The molecule has 1 heterocycles. The number of aliphatic carboxylic acids is 1. The third-order valence-electron chi connectivity index (χ3n) is 4.02. The van der Waals surface area contributed by atoms with Crippen LogP contribution in [0.25, 0.3) is 0 Å². The normalized spacial score (nSPS) is 22.3. The molecule has 0 radical (unpaired) electrons. The van der Waals surface area contributed by atoms with Crippen LogP contribution >= 0.6 is 0 Å². The van der Waals surface area contributed by atoms with Crippen molar-refractivity contribution >= 4 is 5.97 Å². The number of carboxylic acid groups (broad SMARTS) is 1. The number of phenolic OH excluding ortho intramolecular Hbond substituents is 1. The van der Waals surface area contributed by atoms with E-state index in [0.717, 1.165) is 11.1 Å². The van der Waals surface area contributed by atoms with Crippen molar-refractivity contribution in [2.75, 3.05) is 13.7 Å². The molecule has 5 nitrogen and oxygen atoms in total. The van der Waals surface area contributed by atoms with E-state index in [4.69, 9.17) is 9.84 Å². The minimum Gasteiger partial charge on any atom is -0.504 e. The van der Waals surface area contributed by atoms with Gasteiger partial charge in [-0.25, -0.2) is 0 Å². The maximum atomic E-state index is 11.1. The molecule has 2 unspecified atom stereocenters. The SMILES string of the molecule is COc1c(O)cc(C(C)(C)C)cc1C1CC(C(=O)O)CN1. The average molecular weight is 293 g/mol. The smallest absolute Gasteiger partial charge is 0.307 e. The first-order valence-electron chi connectivity index (χ1n) is 7.11. The number of nitrogens with one attached hydrogen (secondary N) is 1. The summed E-state index contributed by atoms with van der Waals surface area (Å²) in [7, 11) is 1.51. The predicted molar refractivity (Wildman–Crippen MR) is 79.8 cm³/mol. The summed E-state index contributed by atoms with van der Waals surface area (Å²) in [5.41, 5.74) is 1.71. The van der Waals surface area contributed by atoms with E-state index in [0.29, 0.717) is 18.7 Å². The highest BCUT2D eigenvalue weighted by molar-refractivity contribution is 5.71. The Labute approximate surface area is 124 Å². The van der Waals surface area contributed by atoms with Crippen molar-refractivity contribution in [3.05, 3.63) is 23.3 Å². The molecule has 1 saturated heterocycles. The average Bonchev–Trinajstić information content (AvgIpc) is 2.86. The predicted octanol–water partition coefficient (Wildman–Crippen LogP) is 2.43. The van der Waals surface area contributed by atoms with Crippen LogP contribution in [0.4, 0.5) is 0 Å². The molecule has 0 spiro atoms. The lowest BCUT2D eigenvalue weighted by Gasteiger charge is -2.24. The highest BCUT2D eigenvalue weighted by Gasteiger charge is 2.33. The zero-order chi connectivity index (χ0) is 15.8. The maximum Gasteiger partial charge on any atom is 0.307 e. The third-order valence-corrected chi connectivity index (χ3v) is 4.02. The summed E-state index contributed by atoms with van der Waals surface area (Å²) in [6.07, 6.45) is 0.499. The van der Waals surface area contributed by atoms with Gasteiger partial charge in [-0.3, -0.25) is 4.79 Å². The number of carboxylic acids is 1. The summed E-state index contributed by atoms with van der Waals surface area (Å²) in [6.45, 7) is 6.64. The van der Waals surface area contributed by atoms with Gasteiger partial charge in [-0.15, -0.1) is 0 Å². The van der Waals surface area contributed by atoms with Crippen LogP contribution in [0.3, 0.4) is 0 Å². The Hall–Kier alpha value is -1.75. The highest BCUT2D eigenvalue weighted by Crippen LogP contribution is 2.41. The molecule has 1 fully saturated rings. The van der Waals surface area contributed by atoms with Crippen molar-refractivity contribution in [1.29, 1.82) is 0 Å². The Kier molecular flexibility index (Phi) is 4.14. The quantitative estimate of drug-likeness (QED) is 0.797. The molecule has 1 aromatic carbocycles. The molecule has 116 valence electrons. The zero-order valence-electron chi connectivity index (χ0n) is 12.9. The van der Waals surface area contributed by atoms with Crippen LogP contribution in [0.1, 0.15) is 44.4 Å². The van der Waals surface area contributed by atoms with Crippen LogP contribution in [0.2, 0.25) is 0 Å². The van der Waals surface area contributed by atoms with E-state index >= 15 is 0 Å². The molecular formula is C16H23NO4. The molecule has 3 N–H and O–H groups in total. The number of hydrogen-bond donors (Lipinski definition) is 3. The molecule has 0 bridgehead atoms. The first-order valence-corrected chi connectivity index (χ1v) is 7.11. The molecular weight excluding hydrogens is 270 g/mol. The van der Waals surface area contributed by atoms with E-state index in [1.165, 1.54) is 7.11 Å². The number of phenols is 1. The van der Waals surface area contributed by atoms with Gasteiger partial charge in [0, 0.05) is 18.2 Å². The number of methoxy groups -OCH3 is 1. The third kappa shape index (κ3) is 3.13. The van der Waals surface area contributed by atoms with E-state index in [-0.39, 0.29) is 17.2 Å². The topological polar surface area (TPSA) is 78.8 Å². The minimum absolute atomic E-state index is 0.0977. The van der Waals surface area contributed by atoms with E-state index in [2.05, 4.69) is 26.1 Å². The Morgan fingerprint density at radius 2 is 2.05 bits per heavy atom. The van der Waals surface area contributed by atoms with Gasteiger partial charge in [0.2, 0.25) is 0 Å². The van der Waals surface area contributed by atoms with Gasteiger partial charge in [0.1, 0.15) is 0 Å². The zero-order valence-corrected chi connectivity index (χ0v) is 12.9. The molecule has 1 aliphatic heterocycles. The van der Waals surface area contributed by atoms with E-state index in [1.54, 1.807) is 6.07 Å². The molecule has 0 amide bonds. The molecule has 5 heteroatoms. The summed E-state index contributed by atoms with van der Waals surface area (Å²) in [5, 5.41) is 22.5. The van der Waals surface area contributed by atoms with Crippen LogP contribution in [0, 0.1) is 5.92 Å². The second kappa shape index (κ2) is 5.56. The fraction of sp³-hybridized carbons (Fsp3) is 0.562. The van der Waals surface area contributed by atoms with Gasteiger partial charge in [-0.2, -0.15) is 0 Å². The van der Waals surface area contributed by atoms with Crippen LogP contribution in [0.5, 0.6) is 11.5 Å². The largest absolute Gasteiger partial charge is 0.504 e. The van der Waals surface area contributed by atoms with Gasteiger partial charge in [-0.1, -0.05) is 20.8 Å². The van der Waals surface area contributed by atoms with Crippen LogP contribution in [0.15, 0.2) is 12.1 Å². The van der Waals surface area contributed by atoms with Crippen molar-refractivity contribution < 1.29 is 19.7 Å². The van der Waals surface area contributed by atoms with Crippen molar-refractivity contribution in [3.63, 3.8) is 0 Å². The fourth-order valence-electron chi connectivity index (χ4n) is 2.71. The van der Waals surface area contributed by atoms with E-state index in [1.807, 2.05) is 6.07 Å². The van der Waals surface area contributed by atoms with Gasteiger partial charge in [-0.05, 0) is 29.5 Å². The maximum absolute atomic E-state index is 11.1. The van der Waals surface area contributed by atoms with Gasteiger partial charge in [0.25, 0.3) is 0 Å². The van der Waals surface area contributed by atoms with Crippen LogP contribution in [-0.2, 0) is 10.2 Å². The summed E-state index contributed by atoms with van der Waals surface area (Å²) in [6, 6.07) is 3.60. The van der Waals surface area contributed by atoms with Gasteiger partial charge in [0.05, 0.1) is 13.0 Å². The second-order valence-corrected chi connectivity index (χ2v) is 6.60. The van der Waals surface area contributed by atoms with Crippen LogP contribution in [-0.4, -0.2) is 29.8 Å². The fourth-order valence-corrected chi connectivity index (χ4v) is 2.71. The second-order valence-electron chi connectivity index (χ2n) is 6.60. The minimum atomic E-state index is -0.792. The molecule has 0 aliphatic carbocycles. The van der Waals surface area contributed by atoms with Crippen molar-refractivity contribution in [1.82, 2.24) is 5.32 Å². The number of ether oxygens (including phenoxy) is 1. The molecule has 21 heavy (non-hydrogen) atoms. The summed E-state index contributed by atoms with van der Waals surface area (Å²) < 4.78 is 5.31. The number of hydrogen-bond acceptors (Lipinski definition) is 4. The summed E-state index contributed by atoms with van der Waals surface area (Å²) >= 11 is 0. The van der Waals surface area contributed by atoms with Crippen molar-refractivity contribution in [2.45, 2.75) is 38.6 Å². The van der Waals surface area contributed by atoms with E-state index in [9.17, 15) is 9.90 Å². The molecule has 1 aromatic rings. The number of aromatic hydroxyl groups is 1. The van der Waals surface area contributed by atoms with Crippen molar-refractivity contribution in [2.24, 2.45) is 5.92 Å². The molecule has 0 saturated carbocycles. The van der Waals surface area contributed by atoms with Gasteiger partial charge < -0.3 is 20.3 Å². The van der Waals surface area contributed by atoms with Gasteiger partial charge >= 0.3 is 5.97 Å². The summed E-state index contributed by atoms with van der Waals surface area (Å²) in [5.74, 6) is -0.674. The van der Waals surface area contributed by atoms with E-state index < -0.39 is 11.9 Å². The first-order chi connectivity index (χ1) is 9.74. The number of rotatable bonds is 3. The molecule has 2 rings (SSSR count). The number of carbonyl (C=O) groups is 1. The first kappa shape index (κ1) is 15.6.